The molecule has 2 N–H and O–H groups in total. The Morgan fingerprint density at radius 1 is 1.09 bits per heavy atom. The van der Waals surface area contributed by atoms with Gasteiger partial charge in [-0.05, 0) is 66.6 Å². The van der Waals surface area contributed by atoms with Gasteiger partial charge in [-0.2, -0.15) is 13.2 Å². The standard InChI is InChI=1S/C22H21F3N2O5S/c23-22(24,25)33(31,32)18-5-1-14(2-6-18)13-27-10-9-21(20(27)29)8-7-15-11-16(19(28)26-30)3-4-17(15)12-21/h1-6,11,30H,7-10,12-13H2,(H,26,28)/t21-/m0/s1. The summed E-state index contributed by atoms with van der Waals surface area (Å²) < 4.78 is 61.2. The monoisotopic (exact) mass is 482 g/mol. The summed E-state index contributed by atoms with van der Waals surface area (Å²) in [6, 6.07) is 9.49. The second kappa shape index (κ2) is 8.14. The third-order valence-corrected chi connectivity index (χ3v) is 7.99. The Bertz CT molecular complexity index is 1210. The van der Waals surface area contributed by atoms with Crippen molar-refractivity contribution in [2.45, 2.75) is 42.6 Å². The van der Waals surface area contributed by atoms with Gasteiger partial charge in [-0.15, -0.1) is 0 Å². The van der Waals surface area contributed by atoms with Gasteiger partial charge in [-0.1, -0.05) is 18.2 Å². The van der Waals surface area contributed by atoms with Crippen LogP contribution in [-0.4, -0.2) is 42.4 Å². The number of nitrogens with zero attached hydrogens (tertiary/aromatic N) is 1. The molecule has 2 aromatic carbocycles. The lowest BCUT2D eigenvalue weighted by Gasteiger charge is -2.33. The van der Waals surface area contributed by atoms with Crippen LogP contribution in [0.4, 0.5) is 13.2 Å². The van der Waals surface area contributed by atoms with Crippen LogP contribution in [0.1, 0.15) is 39.9 Å². The maximum Gasteiger partial charge on any atom is 0.501 e. The number of fused-ring (bicyclic) bond motifs is 1. The molecule has 2 aromatic rings. The van der Waals surface area contributed by atoms with Gasteiger partial charge >= 0.3 is 5.51 Å². The van der Waals surface area contributed by atoms with E-state index >= 15 is 0 Å². The van der Waals surface area contributed by atoms with E-state index in [1.807, 2.05) is 0 Å². The van der Waals surface area contributed by atoms with Gasteiger partial charge in [0, 0.05) is 18.7 Å². The van der Waals surface area contributed by atoms with E-state index in [4.69, 9.17) is 5.21 Å². The second-order valence-corrected chi connectivity index (χ2v) is 10.4. The number of sulfone groups is 1. The molecule has 2 aliphatic rings. The number of carbonyl (C=O) groups excluding carboxylic acids is 2. The molecule has 11 heteroatoms. The molecule has 176 valence electrons. The van der Waals surface area contributed by atoms with Crippen molar-refractivity contribution in [1.82, 2.24) is 10.4 Å². The van der Waals surface area contributed by atoms with Gasteiger partial charge in [-0.25, -0.2) is 13.9 Å². The number of likely N-dealkylation sites (tertiary alicyclic amines) is 1. The summed E-state index contributed by atoms with van der Waals surface area (Å²) in [5.41, 5.74) is -1.55. The molecule has 0 radical (unpaired) electrons. The number of amides is 2. The molecule has 0 unspecified atom stereocenters. The number of carbonyl (C=O) groups is 2. The Morgan fingerprint density at radius 2 is 1.79 bits per heavy atom. The molecule has 0 saturated carbocycles. The van der Waals surface area contributed by atoms with Crippen LogP contribution in [0.3, 0.4) is 0 Å². The fourth-order valence-electron chi connectivity index (χ4n) is 4.63. The molecule has 0 aromatic heterocycles. The molecule has 1 aliphatic carbocycles. The molecule has 33 heavy (non-hydrogen) atoms. The van der Waals surface area contributed by atoms with Crippen LogP contribution < -0.4 is 5.48 Å². The molecule has 1 aliphatic heterocycles. The number of alkyl halides is 3. The molecule has 1 atom stereocenters. The van der Waals surface area contributed by atoms with Crippen LogP contribution in [0.2, 0.25) is 0 Å². The molecule has 7 nitrogen and oxygen atoms in total. The van der Waals surface area contributed by atoms with E-state index < -0.39 is 31.6 Å². The number of rotatable bonds is 4. The summed E-state index contributed by atoms with van der Waals surface area (Å²) in [7, 11) is -5.41. The van der Waals surface area contributed by atoms with Crippen molar-refractivity contribution >= 4 is 21.7 Å². The second-order valence-electron chi connectivity index (χ2n) is 8.45. The van der Waals surface area contributed by atoms with Gasteiger partial charge in [0.1, 0.15) is 0 Å². The van der Waals surface area contributed by atoms with E-state index in [0.29, 0.717) is 43.4 Å². The van der Waals surface area contributed by atoms with Gasteiger partial charge in [-0.3, -0.25) is 14.8 Å². The number of benzene rings is 2. The van der Waals surface area contributed by atoms with Crippen LogP contribution >= 0.6 is 0 Å². The average molecular weight is 482 g/mol. The SMILES string of the molecule is O=C(NO)c1ccc2c(c1)CC[C@]1(CCN(Cc3ccc(S(=O)(=O)C(F)(F)F)cc3)C1=O)C2. The van der Waals surface area contributed by atoms with Gasteiger partial charge in [0.2, 0.25) is 5.91 Å². The molecule has 1 saturated heterocycles. The first-order valence-electron chi connectivity index (χ1n) is 10.2. The smallest absolute Gasteiger partial charge is 0.338 e. The minimum atomic E-state index is -5.41. The van der Waals surface area contributed by atoms with Crippen molar-refractivity contribution in [1.29, 1.82) is 0 Å². The molecule has 1 heterocycles. The van der Waals surface area contributed by atoms with Gasteiger partial charge in [0.25, 0.3) is 15.7 Å². The summed E-state index contributed by atoms with van der Waals surface area (Å²) >= 11 is 0. The molecule has 1 spiro atoms. The van der Waals surface area contributed by atoms with Crippen LogP contribution in [-0.2, 0) is 34.0 Å². The third-order valence-electron chi connectivity index (χ3n) is 6.48. The fraction of sp³-hybridized carbons (Fsp3) is 0.364. The highest BCUT2D eigenvalue weighted by atomic mass is 32.2. The minimum Gasteiger partial charge on any atom is -0.338 e. The van der Waals surface area contributed by atoms with Crippen molar-refractivity contribution in [3.05, 3.63) is 64.7 Å². The summed E-state index contributed by atoms with van der Waals surface area (Å²) in [6.45, 7) is 0.664. The molecule has 4 rings (SSSR count). The highest BCUT2D eigenvalue weighted by Gasteiger charge is 2.48. The number of hydroxylamine groups is 1. The lowest BCUT2D eigenvalue weighted by molar-refractivity contribution is -0.137. The predicted octanol–water partition coefficient (Wildman–Crippen LogP) is 3.01. The zero-order chi connectivity index (χ0) is 24.0. The first kappa shape index (κ1) is 23.2. The summed E-state index contributed by atoms with van der Waals surface area (Å²) in [4.78, 5) is 25.7. The van der Waals surface area contributed by atoms with E-state index in [9.17, 15) is 31.2 Å². The first-order chi connectivity index (χ1) is 15.5. The Balaban J connectivity index is 1.47. The number of halogens is 3. The lowest BCUT2D eigenvalue weighted by atomic mass is 9.70. The number of nitrogens with one attached hydrogen (secondary N) is 1. The Kier molecular flexibility index (Phi) is 5.73. The average Bonchev–Trinajstić information content (AvgIpc) is 3.07. The Morgan fingerprint density at radius 3 is 2.42 bits per heavy atom. The highest BCUT2D eigenvalue weighted by molar-refractivity contribution is 7.92. The number of aryl methyl sites for hydroxylation is 1. The number of hydrogen-bond donors (Lipinski definition) is 2. The van der Waals surface area contributed by atoms with E-state index in [-0.39, 0.29) is 12.5 Å². The van der Waals surface area contributed by atoms with Crippen molar-refractivity contribution in [2.75, 3.05) is 6.54 Å². The number of hydrogen-bond acceptors (Lipinski definition) is 5. The van der Waals surface area contributed by atoms with Crippen molar-refractivity contribution in [3.63, 3.8) is 0 Å². The van der Waals surface area contributed by atoms with E-state index in [1.165, 1.54) is 12.1 Å². The van der Waals surface area contributed by atoms with Crippen molar-refractivity contribution in [3.8, 4) is 0 Å². The topological polar surface area (TPSA) is 104 Å². The molecular weight excluding hydrogens is 461 g/mol. The van der Waals surface area contributed by atoms with E-state index in [0.717, 1.165) is 23.3 Å². The quantitative estimate of drug-likeness (QED) is 0.515. The fourth-order valence-corrected chi connectivity index (χ4v) is 5.39. The van der Waals surface area contributed by atoms with Gasteiger partial charge < -0.3 is 4.90 Å². The highest BCUT2D eigenvalue weighted by Crippen LogP contribution is 2.44. The predicted molar refractivity (Wildman–Crippen MR) is 110 cm³/mol. The van der Waals surface area contributed by atoms with E-state index in [1.54, 1.807) is 28.6 Å². The maximum absolute atomic E-state index is 13.3. The summed E-state index contributed by atoms with van der Waals surface area (Å²) in [5, 5.41) is 8.81. The van der Waals surface area contributed by atoms with Gasteiger partial charge in [0.15, 0.2) is 0 Å². The summed E-state index contributed by atoms with van der Waals surface area (Å²) in [5.74, 6) is -0.646. The maximum atomic E-state index is 13.3. The van der Waals surface area contributed by atoms with Crippen LogP contribution in [0.25, 0.3) is 0 Å². The normalized spacial score (nSPS) is 20.7. The lowest BCUT2D eigenvalue weighted by Crippen LogP contribution is -2.38. The van der Waals surface area contributed by atoms with Crippen molar-refractivity contribution < 1.29 is 36.4 Å². The molecule has 1 fully saturated rings. The van der Waals surface area contributed by atoms with E-state index in [2.05, 4.69) is 0 Å². The molecule has 2 amide bonds. The summed E-state index contributed by atoms with van der Waals surface area (Å²) in [6.07, 6.45) is 2.35. The van der Waals surface area contributed by atoms with Crippen molar-refractivity contribution in [2.24, 2.45) is 5.41 Å². The van der Waals surface area contributed by atoms with Crippen LogP contribution in [0, 0.1) is 5.41 Å². The first-order valence-corrected chi connectivity index (χ1v) is 11.7. The zero-order valence-electron chi connectivity index (χ0n) is 17.4. The molecular formula is C22H21F3N2O5S. The Hall–Kier alpha value is -2.92. The zero-order valence-corrected chi connectivity index (χ0v) is 18.2. The third kappa shape index (κ3) is 4.10. The molecule has 0 bridgehead atoms. The largest absolute Gasteiger partial charge is 0.501 e. The minimum absolute atomic E-state index is 0.0442. The van der Waals surface area contributed by atoms with Gasteiger partial charge in [0.05, 0.1) is 10.3 Å². The Labute approximate surface area is 188 Å². The van der Waals surface area contributed by atoms with Crippen LogP contribution in [0.15, 0.2) is 47.4 Å². The van der Waals surface area contributed by atoms with Crippen LogP contribution in [0.5, 0.6) is 0 Å².